The molecule has 0 saturated heterocycles. The number of methoxy groups -OCH3 is 1. The first-order valence-electron chi connectivity index (χ1n) is 7.51. The molecule has 0 bridgehead atoms. The molecule has 2 aromatic rings. The highest BCUT2D eigenvalue weighted by Gasteiger charge is 2.28. The van der Waals surface area contributed by atoms with Gasteiger partial charge in [0.1, 0.15) is 18.3 Å². The summed E-state index contributed by atoms with van der Waals surface area (Å²) in [5.74, 6) is 1.21. The number of hydrogen-bond acceptors (Lipinski definition) is 6. The first-order valence-corrected chi connectivity index (χ1v) is 7.51. The van der Waals surface area contributed by atoms with Crippen molar-refractivity contribution in [3.05, 3.63) is 50.7 Å². The van der Waals surface area contributed by atoms with Crippen molar-refractivity contribution in [3.8, 4) is 5.75 Å². The van der Waals surface area contributed by atoms with E-state index in [1.54, 1.807) is 19.1 Å². The average Bonchev–Trinajstić information content (AvgIpc) is 2.63. The monoisotopic (exact) mass is 332 g/mol. The summed E-state index contributed by atoms with van der Waals surface area (Å²) < 4.78 is 7.65. The van der Waals surface area contributed by atoms with Crippen LogP contribution in [-0.2, 0) is 20.6 Å². The Morgan fingerprint density at radius 2 is 1.79 bits per heavy atom. The second kappa shape index (κ2) is 6.04. The predicted octanol–water partition coefficient (Wildman–Crippen LogP) is -0.173. The fraction of sp³-hybridized carbons (Fsp3) is 0.375. The van der Waals surface area contributed by atoms with Crippen molar-refractivity contribution in [2.45, 2.75) is 6.54 Å². The van der Waals surface area contributed by atoms with Crippen molar-refractivity contribution in [2.75, 3.05) is 30.3 Å². The number of hydrogen-bond donors (Lipinski definition) is 1. The van der Waals surface area contributed by atoms with Crippen LogP contribution < -0.4 is 25.8 Å². The minimum atomic E-state index is -0.407. The van der Waals surface area contributed by atoms with Crippen LogP contribution >= 0.6 is 0 Å². The summed E-state index contributed by atoms with van der Waals surface area (Å²) in [6, 6.07) is 7.47. The van der Waals surface area contributed by atoms with Crippen molar-refractivity contribution in [1.82, 2.24) is 9.13 Å². The molecular formula is C16H20N4O4. The smallest absolute Gasteiger partial charge is 0.332 e. The lowest BCUT2D eigenvalue weighted by Crippen LogP contribution is -2.51. The molecule has 0 saturated carbocycles. The minimum absolute atomic E-state index is 0.292. The summed E-state index contributed by atoms with van der Waals surface area (Å²) in [4.78, 5) is 28.2. The number of fused-ring (bicyclic) bond motifs is 1. The molecule has 0 spiro atoms. The molecule has 0 fully saturated rings. The van der Waals surface area contributed by atoms with Gasteiger partial charge in [-0.1, -0.05) is 0 Å². The van der Waals surface area contributed by atoms with Gasteiger partial charge in [0.15, 0.2) is 0 Å². The Hall–Kier alpha value is -2.74. The predicted molar refractivity (Wildman–Crippen MR) is 90.5 cm³/mol. The highest BCUT2D eigenvalue weighted by Crippen LogP contribution is 2.28. The van der Waals surface area contributed by atoms with Gasteiger partial charge in [0, 0.05) is 19.8 Å². The number of nitrogens with zero attached hydrogens (tertiary/aromatic N) is 4. The van der Waals surface area contributed by atoms with Crippen molar-refractivity contribution < 1.29 is 9.84 Å². The molecule has 0 amide bonds. The Morgan fingerprint density at radius 1 is 1.12 bits per heavy atom. The van der Waals surface area contributed by atoms with Gasteiger partial charge in [-0.2, -0.15) is 0 Å². The zero-order valence-corrected chi connectivity index (χ0v) is 13.9. The third kappa shape index (κ3) is 2.44. The first kappa shape index (κ1) is 16.1. The number of anilines is 2. The SMILES string of the molecule is COc1ccc(N2Cc3c(n(C)c(=O)n(C)c3=O)N(CO)C2)cc1. The third-order valence-electron chi connectivity index (χ3n) is 4.32. The van der Waals surface area contributed by atoms with Crippen LogP contribution in [-0.4, -0.2) is 34.8 Å². The van der Waals surface area contributed by atoms with Crippen molar-refractivity contribution >= 4 is 11.5 Å². The minimum Gasteiger partial charge on any atom is -0.497 e. The Balaban J connectivity index is 2.09. The van der Waals surface area contributed by atoms with E-state index in [0.717, 1.165) is 16.0 Å². The van der Waals surface area contributed by atoms with Crippen molar-refractivity contribution in [3.63, 3.8) is 0 Å². The van der Waals surface area contributed by atoms with Crippen LogP contribution in [0.15, 0.2) is 33.9 Å². The summed E-state index contributed by atoms with van der Waals surface area (Å²) in [5, 5.41) is 9.72. The Bertz CT molecular complexity index is 869. The number of aromatic nitrogens is 2. The van der Waals surface area contributed by atoms with Gasteiger partial charge in [0.25, 0.3) is 5.56 Å². The van der Waals surface area contributed by atoms with E-state index in [1.165, 1.54) is 11.6 Å². The molecule has 0 atom stereocenters. The second-order valence-electron chi connectivity index (χ2n) is 5.73. The van der Waals surface area contributed by atoms with Gasteiger partial charge >= 0.3 is 5.69 Å². The average molecular weight is 332 g/mol. The highest BCUT2D eigenvalue weighted by atomic mass is 16.5. The van der Waals surface area contributed by atoms with Gasteiger partial charge in [-0.15, -0.1) is 0 Å². The van der Waals surface area contributed by atoms with E-state index < -0.39 is 5.69 Å². The quantitative estimate of drug-likeness (QED) is 0.840. The molecule has 8 heteroatoms. The topological polar surface area (TPSA) is 79.9 Å². The first-order chi connectivity index (χ1) is 11.5. The lowest BCUT2D eigenvalue weighted by molar-refractivity contribution is 0.284. The van der Waals surface area contributed by atoms with Gasteiger partial charge < -0.3 is 19.6 Å². The van der Waals surface area contributed by atoms with Crippen LogP contribution in [0.3, 0.4) is 0 Å². The molecule has 1 aliphatic heterocycles. The maximum Gasteiger partial charge on any atom is 0.332 e. The molecule has 0 radical (unpaired) electrons. The zero-order chi connectivity index (χ0) is 17.4. The lowest BCUT2D eigenvalue weighted by Gasteiger charge is -2.38. The van der Waals surface area contributed by atoms with Crippen molar-refractivity contribution in [1.29, 1.82) is 0 Å². The maximum absolute atomic E-state index is 12.5. The van der Waals surface area contributed by atoms with E-state index in [2.05, 4.69) is 0 Å². The van der Waals surface area contributed by atoms with E-state index in [0.29, 0.717) is 24.6 Å². The molecule has 8 nitrogen and oxygen atoms in total. The molecule has 24 heavy (non-hydrogen) atoms. The van der Waals surface area contributed by atoms with Crippen LogP contribution in [0.2, 0.25) is 0 Å². The normalized spacial score (nSPS) is 13.8. The third-order valence-corrected chi connectivity index (χ3v) is 4.32. The zero-order valence-electron chi connectivity index (χ0n) is 13.9. The standard InChI is InChI=1S/C16H20N4O4/c1-17-14-13(15(22)18(2)16(17)23)8-19(9-20(14)10-21)11-4-6-12(24-3)7-5-11/h4-7,21H,8-10H2,1-3H3. The number of rotatable bonds is 3. The van der Waals surface area contributed by atoms with Crippen LogP contribution in [0.1, 0.15) is 5.56 Å². The Kier molecular flexibility index (Phi) is 4.06. The largest absolute Gasteiger partial charge is 0.497 e. The van der Waals surface area contributed by atoms with E-state index in [-0.39, 0.29) is 12.3 Å². The van der Waals surface area contributed by atoms with Gasteiger partial charge in [0.2, 0.25) is 0 Å². The molecule has 2 heterocycles. The lowest BCUT2D eigenvalue weighted by atomic mass is 10.2. The molecule has 3 rings (SSSR count). The summed E-state index contributed by atoms with van der Waals surface area (Å²) in [6.07, 6.45) is 0. The Labute approximate surface area is 138 Å². The van der Waals surface area contributed by atoms with Crippen LogP contribution in [0.25, 0.3) is 0 Å². The summed E-state index contributed by atoms with van der Waals surface area (Å²) in [6.45, 7) is 0.440. The molecule has 1 aromatic carbocycles. The van der Waals surface area contributed by atoms with Crippen LogP contribution in [0, 0.1) is 0 Å². The van der Waals surface area contributed by atoms with Crippen molar-refractivity contribution in [2.24, 2.45) is 14.1 Å². The van der Waals surface area contributed by atoms with E-state index in [1.807, 2.05) is 29.2 Å². The van der Waals surface area contributed by atoms with Crippen LogP contribution in [0.4, 0.5) is 11.5 Å². The van der Waals surface area contributed by atoms with Gasteiger partial charge in [-0.05, 0) is 24.3 Å². The number of ether oxygens (including phenoxy) is 1. The molecule has 0 aliphatic carbocycles. The van der Waals surface area contributed by atoms with E-state index >= 15 is 0 Å². The van der Waals surface area contributed by atoms with Gasteiger partial charge in [-0.3, -0.25) is 13.9 Å². The number of benzene rings is 1. The van der Waals surface area contributed by atoms with E-state index in [4.69, 9.17) is 4.74 Å². The summed E-state index contributed by atoms with van der Waals surface area (Å²) in [7, 11) is 4.66. The summed E-state index contributed by atoms with van der Waals surface area (Å²) in [5.41, 5.74) is 0.631. The highest BCUT2D eigenvalue weighted by molar-refractivity contribution is 5.58. The second-order valence-corrected chi connectivity index (χ2v) is 5.73. The number of aliphatic hydroxyl groups is 1. The van der Waals surface area contributed by atoms with Gasteiger partial charge in [0.05, 0.1) is 25.9 Å². The molecule has 1 N–H and O–H groups in total. The molecular weight excluding hydrogens is 312 g/mol. The van der Waals surface area contributed by atoms with Crippen LogP contribution in [0.5, 0.6) is 5.75 Å². The number of aliphatic hydroxyl groups excluding tert-OH is 1. The fourth-order valence-corrected chi connectivity index (χ4v) is 3.04. The Morgan fingerprint density at radius 3 is 2.38 bits per heavy atom. The fourth-order valence-electron chi connectivity index (χ4n) is 3.04. The van der Waals surface area contributed by atoms with Gasteiger partial charge in [-0.25, -0.2) is 4.79 Å². The molecule has 1 aliphatic rings. The summed E-state index contributed by atoms with van der Waals surface area (Å²) >= 11 is 0. The molecule has 0 unspecified atom stereocenters. The molecule has 1 aromatic heterocycles. The van der Waals surface area contributed by atoms with E-state index in [9.17, 15) is 14.7 Å². The molecule has 128 valence electrons. The maximum atomic E-state index is 12.5.